The average molecular weight is 328 g/mol. The minimum Gasteiger partial charge on any atom is -0.507 e. The van der Waals surface area contributed by atoms with Crippen molar-refractivity contribution in [2.45, 2.75) is 13.8 Å². The second kappa shape index (κ2) is 7.25. The summed E-state index contributed by atoms with van der Waals surface area (Å²) in [6, 6.07) is 9.80. The van der Waals surface area contributed by atoms with Crippen molar-refractivity contribution in [3.8, 4) is 11.5 Å². The van der Waals surface area contributed by atoms with Gasteiger partial charge in [-0.3, -0.25) is 4.79 Å². The highest BCUT2D eigenvalue weighted by atomic mass is 16.3. The summed E-state index contributed by atoms with van der Waals surface area (Å²) < 4.78 is 0. The molecule has 2 aromatic carbocycles. The minimum atomic E-state index is -0.403. The number of hydrogen-bond acceptors (Lipinski definition) is 5. The molecule has 0 amide bonds. The largest absolute Gasteiger partial charge is 0.507 e. The van der Waals surface area contributed by atoms with E-state index in [0.29, 0.717) is 5.69 Å². The third kappa shape index (κ3) is 3.15. The van der Waals surface area contributed by atoms with Crippen molar-refractivity contribution in [1.82, 2.24) is 0 Å². The van der Waals surface area contributed by atoms with Crippen LogP contribution in [0.2, 0.25) is 0 Å². The average Bonchev–Trinajstić information content (AvgIpc) is 2.55. The first-order valence-electron chi connectivity index (χ1n) is 8.03. The molecule has 0 atom stereocenters. The van der Waals surface area contributed by atoms with E-state index in [1.54, 1.807) is 29.2 Å². The molecule has 0 aliphatic heterocycles. The Bertz CT molecular complexity index is 737. The van der Waals surface area contributed by atoms with Crippen molar-refractivity contribution in [2.75, 3.05) is 37.0 Å². The summed E-state index contributed by atoms with van der Waals surface area (Å²) in [5, 5.41) is 20.6. The molecule has 0 saturated carbocycles. The second-order valence-electron chi connectivity index (χ2n) is 5.74. The molecule has 2 aromatic rings. The van der Waals surface area contributed by atoms with Crippen LogP contribution in [0.25, 0.3) is 0 Å². The Balaban J connectivity index is 2.60. The standard InChI is InChI=1S/C19H24N2O3/c1-5-21(6-2)15-12-11-14(19(24)17(15)20(3)4)18(23)13-9-7-8-10-16(13)22/h7-12,22,24H,5-6H2,1-4H3. The van der Waals surface area contributed by atoms with Gasteiger partial charge >= 0.3 is 0 Å². The zero-order valence-corrected chi connectivity index (χ0v) is 14.6. The third-order valence-corrected chi connectivity index (χ3v) is 4.07. The Morgan fingerprint density at radius 2 is 1.58 bits per heavy atom. The van der Waals surface area contributed by atoms with Crippen molar-refractivity contribution in [3.63, 3.8) is 0 Å². The van der Waals surface area contributed by atoms with E-state index in [9.17, 15) is 15.0 Å². The zero-order valence-electron chi connectivity index (χ0n) is 14.6. The van der Waals surface area contributed by atoms with Crippen LogP contribution in [0.1, 0.15) is 29.8 Å². The number of phenolic OH excluding ortho intramolecular Hbond substituents is 2. The van der Waals surface area contributed by atoms with Gasteiger partial charge < -0.3 is 20.0 Å². The number of phenols is 2. The van der Waals surface area contributed by atoms with Crippen LogP contribution in [0, 0.1) is 0 Å². The van der Waals surface area contributed by atoms with E-state index < -0.39 is 5.78 Å². The summed E-state index contributed by atoms with van der Waals surface area (Å²) in [4.78, 5) is 16.6. The van der Waals surface area contributed by atoms with E-state index in [2.05, 4.69) is 4.90 Å². The third-order valence-electron chi connectivity index (χ3n) is 4.07. The number of para-hydroxylation sites is 1. The second-order valence-corrected chi connectivity index (χ2v) is 5.74. The molecule has 0 aliphatic rings. The molecule has 5 heteroatoms. The minimum absolute atomic E-state index is 0.0716. The highest BCUT2D eigenvalue weighted by Crippen LogP contribution is 2.40. The summed E-state index contributed by atoms with van der Waals surface area (Å²) in [5.74, 6) is -0.571. The summed E-state index contributed by atoms with van der Waals surface area (Å²) in [6.45, 7) is 5.68. The first kappa shape index (κ1) is 17.7. The van der Waals surface area contributed by atoms with Crippen LogP contribution in [-0.4, -0.2) is 43.2 Å². The number of benzene rings is 2. The van der Waals surface area contributed by atoms with E-state index in [1.165, 1.54) is 6.07 Å². The first-order valence-corrected chi connectivity index (χ1v) is 8.03. The fraction of sp³-hybridized carbons (Fsp3) is 0.316. The number of nitrogens with zero attached hydrogens (tertiary/aromatic N) is 2. The van der Waals surface area contributed by atoms with Crippen LogP contribution in [0.3, 0.4) is 0 Å². The van der Waals surface area contributed by atoms with Gasteiger partial charge in [-0.15, -0.1) is 0 Å². The van der Waals surface area contributed by atoms with Gasteiger partial charge in [-0.1, -0.05) is 12.1 Å². The van der Waals surface area contributed by atoms with Crippen LogP contribution in [-0.2, 0) is 0 Å². The number of hydrogen-bond donors (Lipinski definition) is 2. The molecule has 0 saturated heterocycles. The smallest absolute Gasteiger partial charge is 0.200 e. The van der Waals surface area contributed by atoms with Gasteiger partial charge in [0.05, 0.1) is 16.8 Å². The maximum absolute atomic E-state index is 12.7. The summed E-state index contributed by atoms with van der Waals surface area (Å²) in [6.07, 6.45) is 0. The Morgan fingerprint density at radius 1 is 0.958 bits per heavy atom. The summed E-state index contributed by atoms with van der Waals surface area (Å²) in [7, 11) is 3.66. The number of ketones is 1. The van der Waals surface area contributed by atoms with Gasteiger partial charge in [0.15, 0.2) is 5.75 Å². The molecule has 0 unspecified atom stereocenters. The highest BCUT2D eigenvalue weighted by Gasteiger charge is 2.23. The molecule has 128 valence electrons. The monoisotopic (exact) mass is 328 g/mol. The lowest BCUT2D eigenvalue weighted by Crippen LogP contribution is -2.25. The lowest BCUT2D eigenvalue weighted by atomic mass is 9.99. The van der Waals surface area contributed by atoms with Gasteiger partial charge in [0.2, 0.25) is 5.78 Å². The molecule has 2 rings (SSSR count). The molecule has 24 heavy (non-hydrogen) atoms. The Kier molecular flexibility index (Phi) is 5.34. The molecule has 0 spiro atoms. The van der Waals surface area contributed by atoms with Gasteiger partial charge in [0, 0.05) is 27.2 Å². The number of carbonyl (C=O) groups is 1. The lowest BCUT2D eigenvalue weighted by molar-refractivity contribution is 0.103. The van der Waals surface area contributed by atoms with E-state index in [-0.39, 0.29) is 22.6 Å². The lowest BCUT2D eigenvalue weighted by Gasteiger charge is -2.28. The zero-order chi connectivity index (χ0) is 17.9. The molecule has 0 heterocycles. The molecular formula is C19H24N2O3. The van der Waals surface area contributed by atoms with Crippen molar-refractivity contribution >= 4 is 17.2 Å². The van der Waals surface area contributed by atoms with Gasteiger partial charge in [0.25, 0.3) is 0 Å². The molecule has 0 aromatic heterocycles. The van der Waals surface area contributed by atoms with E-state index in [1.807, 2.05) is 34.0 Å². The van der Waals surface area contributed by atoms with Crippen LogP contribution < -0.4 is 9.80 Å². The van der Waals surface area contributed by atoms with Crippen molar-refractivity contribution in [3.05, 3.63) is 47.5 Å². The SMILES string of the molecule is CCN(CC)c1ccc(C(=O)c2ccccc2O)c(O)c1N(C)C. The normalized spacial score (nSPS) is 10.5. The topological polar surface area (TPSA) is 64.0 Å². The number of aromatic hydroxyl groups is 2. The molecular weight excluding hydrogens is 304 g/mol. The molecule has 5 nitrogen and oxygen atoms in total. The molecule has 0 aliphatic carbocycles. The fourth-order valence-corrected chi connectivity index (χ4v) is 2.82. The van der Waals surface area contributed by atoms with Crippen LogP contribution >= 0.6 is 0 Å². The van der Waals surface area contributed by atoms with Crippen LogP contribution in [0.4, 0.5) is 11.4 Å². The Hall–Kier alpha value is -2.69. The van der Waals surface area contributed by atoms with Crippen molar-refractivity contribution in [1.29, 1.82) is 0 Å². The van der Waals surface area contributed by atoms with Crippen LogP contribution in [0.15, 0.2) is 36.4 Å². The summed E-state index contributed by atoms with van der Waals surface area (Å²) >= 11 is 0. The van der Waals surface area contributed by atoms with Gasteiger partial charge in [0.1, 0.15) is 11.4 Å². The van der Waals surface area contributed by atoms with Gasteiger partial charge in [-0.2, -0.15) is 0 Å². The first-order chi connectivity index (χ1) is 11.4. The van der Waals surface area contributed by atoms with Gasteiger partial charge in [-0.05, 0) is 38.1 Å². The molecule has 0 bridgehead atoms. The van der Waals surface area contributed by atoms with E-state index >= 15 is 0 Å². The van der Waals surface area contributed by atoms with Crippen molar-refractivity contribution < 1.29 is 15.0 Å². The molecule has 2 N–H and O–H groups in total. The summed E-state index contributed by atoms with van der Waals surface area (Å²) in [5.41, 5.74) is 1.82. The Morgan fingerprint density at radius 3 is 2.12 bits per heavy atom. The fourth-order valence-electron chi connectivity index (χ4n) is 2.82. The number of carbonyl (C=O) groups excluding carboxylic acids is 1. The quantitative estimate of drug-likeness (QED) is 0.797. The van der Waals surface area contributed by atoms with Gasteiger partial charge in [-0.25, -0.2) is 0 Å². The predicted molar refractivity (Wildman–Crippen MR) is 97.5 cm³/mol. The molecule has 0 radical (unpaired) electrons. The number of anilines is 2. The van der Waals surface area contributed by atoms with E-state index in [4.69, 9.17) is 0 Å². The maximum atomic E-state index is 12.7. The van der Waals surface area contributed by atoms with Crippen LogP contribution in [0.5, 0.6) is 11.5 Å². The highest BCUT2D eigenvalue weighted by molar-refractivity contribution is 6.13. The maximum Gasteiger partial charge on any atom is 0.200 e. The number of rotatable bonds is 6. The Labute approximate surface area is 142 Å². The predicted octanol–water partition coefficient (Wildman–Crippen LogP) is 3.24. The van der Waals surface area contributed by atoms with E-state index in [0.717, 1.165) is 18.8 Å². The van der Waals surface area contributed by atoms with Crippen molar-refractivity contribution in [2.24, 2.45) is 0 Å². The molecule has 0 fully saturated rings.